The highest BCUT2D eigenvalue weighted by molar-refractivity contribution is 6.21. The fraction of sp³-hybridized carbons (Fsp3) is 0.150. The van der Waals surface area contributed by atoms with Gasteiger partial charge >= 0.3 is 5.97 Å². The average molecular weight is 338 g/mol. The van der Waals surface area contributed by atoms with Crippen LogP contribution < -0.4 is 9.47 Å². The van der Waals surface area contributed by atoms with Crippen molar-refractivity contribution in [2.24, 2.45) is 0 Å². The summed E-state index contributed by atoms with van der Waals surface area (Å²) in [5.74, 6) is 1.81. The van der Waals surface area contributed by atoms with Crippen molar-refractivity contribution in [2.45, 2.75) is 0 Å². The topological polar surface area (TPSA) is 54.0 Å². The summed E-state index contributed by atoms with van der Waals surface area (Å²) in [5.41, 5.74) is 1.97. The zero-order valence-corrected chi connectivity index (χ0v) is 14.2. The summed E-state index contributed by atoms with van der Waals surface area (Å²) < 4.78 is 21.1. The van der Waals surface area contributed by atoms with Gasteiger partial charge in [0.25, 0.3) is 0 Å². The van der Waals surface area contributed by atoms with Gasteiger partial charge < -0.3 is 18.9 Å². The van der Waals surface area contributed by atoms with Crippen LogP contribution in [0.15, 0.2) is 60.0 Å². The SMILES string of the molecule is COC1=C(c2ccc(OC)cc2)C(=O)O/C1=C\c1ccc(OC)cc1. The van der Waals surface area contributed by atoms with E-state index in [4.69, 9.17) is 18.9 Å². The quantitative estimate of drug-likeness (QED) is 0.779. The van der Waals surface area contributed by atoms with Crippen LogP contribution in [-0.4, -0.2) is 27.3 Å². The van der Waals surface area contributed by atoms with Crippen LogP contribution in [0.3, 0.4) is 0 Å². The van der Waals surface area contributed by atoms with Gasteiger partial charge in [-0.1, -0.05) is 24.3 Å². The van der Waals surface area contributed by atoms with E-state index in [2.05, 4.69) is 0 Å². The predicted molar refractivity (Wildman–Crippen MR) is 94.0 cm³/mol. The van der Waals surface area contributed by atoms with E-state index in [1.165, 1.54) is 7.11 Å². The number of carbonyl (C=O) groups is 1. The number of carbonyl (C=O) groups excluding carboxylic acids is 1. The molecule has 1 heterocycles. The Morgan fingerprint density at radius 1 is 0.800 bits per heavy atom. The highest BCUT2D eigenvalue weighted by Gasteiger charge is 2.32. The van der Waals surface area contributed by atoms with Crippen molar-refractivity contribution in [3.05, 3.63) is 71.2 Å². The first kappa shape index (κ1) is 16.6. The number of benzene rings is 2. The van der Waals surface area contributed by atoms with Crippen LogP contribution in [0.2, 0.25) is 0 Å². The molecule has 0 aromatic heterocycles. The Kier molecular flexibility index (Phi) is 4.75. The molecule has 0 aliphatic carbocycles. The number of methoxy groups -OCH3 is 3. The number of hydrogen-bond acceptors (Lipinski definition) is 5. The molecule has 2 aromatic carbocycles. The third-order valence-electron chi connectivity index (χ3n) is 3.85. The van der Waals surface area contributed by atoms with Gasteiger partial charge in [0.2, 0.25) is 0 Å². The van der Waals surface area contributed by atoms with Crippen molar-refractivity contribution in [1.82, 2.24) is 0 Å². The third-order valence-corrected chi connectivity index (χ3v) is 3.85. The van der Waals surface area contributed by atoms with E-state index in [1.54, 1.807) is 44.6 Å². The lowest BCUT2D eigenvalue weighted by atomic mass is 10.0. The zero-order valence-electron chi connectivity index (χ0n) is 14.2. The second-order valence-corrected chi connectivity index (χ2v) is 5.31. The molecule has 128 valence electrons. The largest absolute Gasteiger partial charge is 0.497 e. The van der Waals surface area contributed by atoms with Gasteiger partial charge in [0, 0.05) is 0 Å². The summed E-state index contributed by atoms with van der Waals surface area (Å²) in [6.07, 6.45) is 1.76. The summed E-state index contributed by atoms with van der Waals surface area (Å²) in [6, 6.07) is 14.6. The smallest absolute Gasteiger partial charge is 0.348 e. The van der Waals surface area contributed by atoms with Gasteiger partial charge in [-0.05, 0) is 41.5 Å². The molecule has 0 fully saturated rings. The number of rotatable bonds is 5. The minimum atomic E-state index is -0.443. The summed E-state index contributed by atoms with van der Waals surface area (Å²) in [7, 11) is 4.72. The average Bonchev–Trinajstić information content (AvgIpc) is 2.97. The molecule has 0 saturated heterocycles. The lowest BCUT2D eigenvalue weighted by Gasteiger charge is -2.05. The maximum absolute atomic E-state index is 12.3. The first-order valence-corrected chi connectivity index (χ1v) is 7.67. The summed E-state index contributed by atoms with van der Waals surface area (Å²) in [4.78, 5) is 12.3. The van der Waals surface area contributed by atoms with Crippen LogP contribution in [0.4, 0.5) is 0 Å². The highest BCUT2D eigenvalue weighted by atomic mass is 16.6. The molecule has 5 heteroatoms. The van der Waals surface area contributed by atoms with Crippen molar-refractivity contribution in [3.8, 4) is 11.5 Å². The number of esters is 1. The number of cyclic esters (lactones) is 1. The Balaban J connectivity index is 1.99. The van der Waals surface area contributed by atoms with Gasteiger partial charge in [0.05, 0.1) is 21.3 Å². The Labute approximate surface area is 146 Å². The van der Waals surface area contributed by atoms with E-state index >= 15 is 0 Å². The molecule has 1 aliphatic heterocycles. The fourth-order valence-corrected chi connectivity index (χ4v) is 2.57. The fourth-order valence-electron chi connectivity index (χ4n) is 2.57. The summed E-state index contributed by atoms with van der Waals surface area (Å²) in [5, 5.41) is 0. The van der Waals surface area contributed by atoms with Crippen LogP contribution in [0.1, 0.15) is 11.1 Å². The van der Waals surface area contributed by atoms with E-state index in [9.17, 15) is 4.79 Å². The zero-order chi connectivity index (χ0) is 17.8. The van der Waals surface area contributed by atoms with Crippen LogP contribution >= 0.6 is 0 Å². The van der Waals surface area contributed by atoms with Gasteiger partial charge in [-0.15, -0.1) is 0 Å². The molecule has 0 amide bonds. The van der Waals surface area contributed by atoms with Crippen LogP contribution in [-0.2, 0) is 14.3 Å². The molecule has 25 heavy (non-hydrogen) atoms. The van der Waals surface area contributed by atoms with Crippen molar-refractivity contribution < 1.29 is 23.7 Å². The van der Waals surface area contributed by atoms with E-state index in [0.717, 1.165) is 11.3 Å². The van der Waals surface area contributed by atoms with Gasteiger partial charge in [0.1, 0.15) is 17.1 Å². The number of ether oxygens (including phenoxy) is 4. The second-order valence-electron chi connectivity index (χ2n) is 5.31. The molecule has 0 atom stereocenters. The monoisotopic (exact) mass is 338 g/mol. The van der Waals surface area contributed by atoms with Crippen LogP contribution in [0.5, 0.6) is 11.5 Å². The van der Waals surface area contributed by atoms with Gasteiger partial charge in [-0.3, -0.25) is 0 Å². The van der Waals surface area contributed by atoms with E-state index in [0.29, 0.717) is 28.4 Å². The molecule has 0 spiro atoms. The molecule has 1 aliphatic rings. The van der Waals surface area contributed by atoms with Gasteiger partial charge in [-0.25, -0.2) is 4.79 Å². The maximum atomic E-state index is 12.3. The second kappa shape index (κ2) is 7.13. The highest BCUT2D eigenvalue weighted by Crippen LogP contribution is 2.35. The van der Waals surface area contributed by atoms with E-state index in [1.807, 2.05) is 24.3 Å². The predicted octanol–water partition coefficient (Wildman–Crippen LogP) is 3.66. The Morgan fingerprint density at radius 2 is 1.36 bits per heavy atom. The lowest BCUT2D eigenvalue weighted by molar-refractivity contribution is -0.131. The Bertz CT molecular complexity index is 829. The molecule has 2 aromatic rings. The molecule has 0 N–H and O–H groups in total. The minimum absolute atomic E-state index is 0.378. The van der Waals surface area contributed by atoms with Crippen molar-refractivity contribution in [1.29, 1.82) is 0 Å². The first-order chi connectivity index (χ1) is 12.2. The standard InChI is InChI=1S/C20H18O5/c1-22-15-8-4-13(5-9-15)12-17-19(24-3)18(20(21)25-17)14-6-10-16(23-2)11-7-14/h4-12H,1-3H3/b17-12-. The lowest BCUT2D eigenvalue weighted by Crippen LogP contribution is -1.98. The Morgan fingerprint density at radius 3 is 1.88 bits per heavy atom. The van der Waals surface area contributed by atoms with E-state index in [-0.39, 0.29) is 0 Å². The number of hydrogen-bond donors (Lipinski definition) is 0. The molecule has 0 saturated carbocycles. The third kappa shape index (κ3) is 3.35. The van der Waals surface area contributed by atoms with Crippen LogP contribution in [0.25, 0.3) is 11.6 Å². The first-order valence-electron chi connectivity index (χ1n) is 7.67. The van der Waals surface area contributed by atoms with Gasteiger partial charge in [0.15, 0.2) is 11.5 Å². The normalized spacial score (nSPS) is 15.3. The van der Waals surface area contributed by atoms with E-state index < -0.39 is 5.97 Å². The van der Waals surface area contributed by atoms with Crippen LogP contribution in [0, 0.1) is 0 Å². The minimum Gasteiger partial charge on any atom is -0.497 e. The van der Waals surface area contributed by atoms with Gasteiger partial charge in [-0.2, -0.15) is 0 Å². The summed E-state index contributed by atoms with van der Waals surface area (Å²) >= 11 is 0. The molecule has 0 radical (unpaired) electrons. The van der Waals surface area contributed by atoms with Crippen molar-refractivity contribution >= 4 is 17.6 Å². The Hall–Kier alpha value is -3.21. The molecular formula is C20H18O5. The summed E-state index contributed by atoms with van der Waals surface area (Å²) in [6.45, 7) is 0. The molecular weight excluding hydrogens is 320 g/mol. The molecule has 5 nitrogen and oxygen atoms in total. The van der Waals surface area contributed by atoms with Crippen molar-refractivity contribution in [3.63, 3.8) is 0 Å². The maximum Gasteiger partial charge on any atom is 0.348 e. The molecule has 0 bridgehead atoms. The molecule has 0 unspecified atom stereocenters. The van der Waals surface area contributed by atoms with Crippen molar-refractivity contribution in [2.75, 3.05) is 21.3 Å². The molecule has 3 rings (SSSR count).